The van der Waals surface area contributed by atoms with Crippen LogP contribution < -0.4 is 9.47 Å². The molecule has 7 heteroatoms. The number of ether oxygens (including phenoxy) is 2. The van der Waals surface area contributed by atoms with Crippen LogP contribution in [0.4, 0.5) is 0 Å². The minimum Gasteiger partial charge on any atom is -0.497 e. The van der Waals surface area contributed by atoms with Gasteiger partial charge in [0.1, 0.15) is 11.5 Å². The Balaban J connectivity index is 1.38. The first-order valence-electron chi connectivity index (χ1n) is 11.1. The Labute approximate surface area is 188 Å². The van der Waals surface area contributed by atoms with Crippen molar-refractivity contribution in [3.8, 4) is 11.5 Å². The van der Waals surface area contributed by atoms with Gasteiger partial charge in [0.25, 0.3) is 0 Å². The van der Waals surface area contributed by atoms with Crippen LogP contribution in [0.2, 0.25) is 0 Å². The van der Waals surface area contributed by atoms with E-state index in [0.717, 1.165) is 36.1 Å². The first kappa shape index (κ1) is 21.9. The molecule has 32 heavy (non-hydrogen) atoms. The molecule has 0 spiro atoms. The van der Waals surface area contributed by atoms with Crippen molar-refractivity contribution in [3.05, 3.63) is 59.7 Å². The summed E-state index contributed by atoms with van der Waals surface area (Å²) < 4.78 is 10.8. The molecule has 2 aromatic rings. The number of amides is 2. The Morgan fingerprint density at radius 3 is 2.53 bits per heavy atom. The lowest BCUT2D eigenvalue weighted by molar-refractivity contribution is -0.137. The summed E-state index contributed by atoms with van der Waals surface area (Å²) in [6, 6.07) is 15.5. The lowest BCUT2D eigenvalue weighted by atomic mass is 10.0. The molecule has 1 atom stereocenters. The zero-order valence-corrected chi connectivity index (χ0v) is 18.6. The summed E-state index contributed by atoms with van der Waals surface area (Å²) in [7, 11) is 3.24. The van der Waals surface area contributed by atoms with Crippen LogP contribution in [0.5, 0.6) is 11.5 Å². The van der Waals surface area contributed by atoms with Gasteiger partial charge in [-0.15, -0.1) is 0 Å². The summed E-state index contributed by atoms with van der Waals surface area (Å²) in [5, 5.41) is 5.99. The van der Waals surface area contributed by atoms with E-state index in [1.165, 1.54) is 5.01 Å². The molecule has 0 unspecified atom stereocenters. The third-order valence-electron chi connectivity index (χ3n) is 6.12. The third kappa shape index (κ3) is 4.61. The molecule has 1 saturated heterocycles. The monoisotopic (exact) mass is 435 g/mol. The molecule has 0 aliphatic carbocycles. The number of benzene rings is 2. The zero-order chi connectivity index (χ0) is 22.5. The van der Waals surface area contributed by atoms with E-state index < -0.39 is 0 Å². The predicted octanol–water partition coefficient (Wildman–Crippen LogP) is 3.78. The summed E-state index contributed by atoms with van der Waals surface area (Å²) in [5.74, 6) is 1.31. The van der Waals surface area contributed by atoms with Gasteiger partial charge in [-0.1, -0.05) is 30.3 Å². The Morgan fingerprint density at radius 1 is 1.00 bits per heavy atom. The first-order valence-corrected chi connectivity index (χ1v) is 11.1. The number of hydrogen-bond acceptors (Lipinski definition) is 5. The number of likely N-dealkylation sites (tertiary alicyclic amines) is 1. The highest BCUT2D eigenvalue weighted by molar-refractivity contribution is 6.02. The second-order valence-electron chi connectivity index (χ2n) is 8.03. The van der Waals surface area contributed by atoms with Crippen LogP contribution in [0.15, 0.2) is 53.6 Å². The summed E-state index contributed by atoms with van der Waals surface area (Å²) >= 11 is 0. The van der Waals surface area contributed by atoms with E-state index in [-0.39, 0.29) is 30.7 Å². The van der Waals surface area contributed by atoms with Crippen molar-refractivity contribution in [2.24, 2.45) is 5.10 Å². The lowest BCUT2D eigenvalue weighted by Crippen LogP contribution is -2.32. The van der Waals surface area contributed by atoms with Gasteiger partial charge in [-0.25, -0.2) is 5.01 Å². The van der Waals surface area contributed by atoms with Gasteiger partial charge in [-0.3, -0.25) is 9.59 Å². The maximum Gasteiger partial charge on any atom is 0.243 e. The molecule has 7 nitrogen and oxygen atoms in total. The largest absolute Gasteiger partial charge is 0.497 e. The Morgan fingerprint density at radius 2 is 1.78 bits per heavy atom. The molecule has 2 aliphatic rings. The second-order valence-corrected chi connectivity index (χ2v) is 8.03. The molecule has 0 saturated carbocycles. The minimum atomic E-state index is -0.109. The van der Waals surface area contributed by atoms with Crippen LogP contribution in [0.1, 0.15) is 49.3 Å². The van der Waals surface area contributed by atoms with Crippen molar-refractivity contribution in [2.45, 2.75) is 38.1 Å². The van der Waals surface area contributed by atoms with Gasteiger partial charge in [0.2, 0.25) is 11.8 Å². The van der Waals surface area contributed by atoms with Crippen LogP contribution in [-0.4, -0.2) is 54.7 Å². The maximum absolute atomic E-state index is 13.0. The van der Waals surface area contributed by atoms with Gasteiger partial charge in [-0.05, 0) is 30.5 Å². The molecule has 2 heterocycles. The predicted molar refractivity (Wildman–Crippen MR) is 122 cm³/mol. The van der Waals surface area contributed by atoms with Crippen LogP contribution in [0, 0.1) is 0 Å². The fourth-order valence-corrected chi connectivity index (χ4v) is 4.44. The van der Waals surface area contributed by atoms with E-state index >= 15 is 0 Å². The highest BCUT2D eigenvalue weighted by Crippen LogP contribution is 2.39. The van der Waals surface area contributed by atoms with Crippen LogP contribution in [-0.2, 0) is 9.59 Å². The van der Waals surface area contributed by atoms with Gasteiger partial charge in [0, 0.05) is 37.4 Å². The van der Waals surface area contributed by atoms with Gasteiger partial charge >= 0.3 is 0 Å². The number of methoxy groups -OCH3 is 2. The molecule has 1 fully saturated rings. The molecule has 0 radical (unpaired) electrons. The highest BCUT2D eigenvalue weighted by Gasteiger charge is 2.32. The molecular weight excluding hydrogens is 406 g/mol. The first-order chi connectivity index (χ1) is 15.6. The topological polar surface area (TPSA) is 71.4 Å². The van der Waals surface area contributed by atoms with Crippen molar-refractivity contribution in [1.82, 2.24) is 9.91 Å². The Hall–Kier alpha value is -3.35. The quantitative estimate of drug-likeness (QED) is 0.664. The molecule has 2 amide bonds. The molecule has 2 aliphatic heterocycles. The van der Waals surface area contributed by atoms with Gasteiger partial charge < -0.3 is 14.4 Å². The number of hydrogen-bond donors (Lipinski definition) is 0. The van der Waals surface area contributed by atoms with Crippen molar-refractivity contribution in [1.29, 1.82) is 0 Å². The Kier molecular flexibility index (Phi) is 6.73. The molecule has 0 N–H and O–H groups in total. The lowest BCUT2D eigenvalue weighted by Gasteiger charge is -2.26. The molecule has 168 valence electrons. The minimum absolute atomic E-state index is 0.00909. The van der Waals surface area contributed by atoms with Crippen LogP contribution >= 0.6 is 0 Å². The fourth-order valence-electron chi connectivity index (χ4n) is 4.44. The van der Waals surface area contributed by atoms with E-state index in [4.69, 9.17) is 9.47 Å². The van der Waals surface area contributed by atoms with Crippen molar-refractivity contribution < 1.29 is 19.1 Å². The van der Waals surface area contributed by atoms with Gasteiger partial charge in [-0.2, -0.15) is 5.10 Å². The molecular formula is C25H29N3O4. The van der Waals surface area contributed by atoms with E-state index in [9.17, 15) is 9.59 Å². The van der Waals surface area contributed by atoms with E-state index in [2.05, 4.69) is 5.10 Å². The average Bonchev–Trinajstić information content (AvgIpc) is 3.53. The summed E-state index contributed by atoms with van der Waals surface area (Å²) in [6.07, 6.45) is 2.87. The van der Waals surface area contributed by atoms with E-state index in [1.807, 2.05) is 53.4 Å². The molecule has 2 aromatic carbocycles. The zero-order valence-electron chi connectivity index (χ0n) is 18.6. The number of rotatable bonds is 7. The van der Waals surface area contributed by atoms with E-state index in [0.29, 0.717) is 24.6 Å². The molecule has 4 rings (SSSR count). The average molecular weight is 436 g/mol. The summed E-state index contributed by atoms with van der Waals surface area (Å²) in [5.41, 5.74) is 2.92. The van der Waals surface area contributed by atoms with Gasteiger partial charge in [0.15, 0.2) is 0 Å². The van der Waals surface area contributed by atoms with Crippen molar-refractivity contribution in [3.63, 3.8) is 0 Å². The van der Waals surface area contributed by atoms with Crippen molar-refractivity contribution >= 4 is 17.5 Å². The molecule has 0 bridgehead atoms. The smallest absolute Gasteiger partial charge is 0.243 e. The highest BCUT2D eigenvalue weighted by atomic mass is 16.5. The van der Waals surface area contributed by atoms with Crippen molar-refractivity contribution in [2.75, 3.05) is 27.3 Å². The van der Waals surface area contributed by atoms with Crippen LogP contribution in [0.3, 0.4) is 0 Å². The standard InChI is InChI=1S/C25H29N3O4/c1-31-19-10-11-20(23(17-19)32-2)22-9-6-15-27(22)24(29)12-13-25(30)28-16-14-21(26-28)18-7-4-3-5-8-18/h3-5,7-8,10-11,17,22H,6,9,12-16H2,1-2H3/t22-/m1/s1. The summed E-state index contributed by atoms with van der Waals surface area (Å²) in [4.78, 5) is 27.6. The number of nitrogens with zero attached hydrogens (tertiary/aromatic N) is 3. The summed E-state index contributed by atoms with van der Waals surface area (Å²) in [6.45, 7) is 1.25. The number of carbonyl (C=O) groups is 2. The van der Waals surface area contributed by atoms with Gasteiger partial charge in [0.05, 0.1) is 32.5 Å². The SMILES string of the molecule is COc1ccc([C@H]2CCCN2C(=O)CCC(=O)N2CCC(c3ccccc3)=N2)c(OC)c1. The number of hydrazone groups is 1. The normalized spacial score (nSPS) is 17.9. The van der Waals surface area contributed by atoms with Crippen LogP contribution in [0.25, 0.3) is 0 Å². The fraction of sp³-hybridized carbons (Fsp3) is 0.400. The third-order valence-corrected chi connectivity index (χ3v) is 6.12. The maximum atomic E-state index is 13.0. The Bertz CT molecular complexity index is 1010. The molecule has 0 aromatic heterocycles. The number of carbonyl (C=O) groups excluding carboxylic acids is 2. The second kappa shape index (κ2) is 9.85. The van der Waals surface area contributed by atoms with E-state index in [1.54, 1.807) is 14.2 Å².